The third kappa shape index (κ3) is 3.99. The highest BCUT2D eigenvalue weighted by atomic mass is 32.2. The molecule has 0 aliphatic carbocycles. The number of rotatable bonds is 6. The fourth-order valence-corrected chi connectivity index (χ4v) is 2.64. The molecule has 9 heteroatoms. The average Bonchev–Trinajstić information content (AvgIpc) is 2.56. The van der Waals surface area contributed by atoms with Gasteiger partial charge in [-0.25, -0.2) is 14.8 Å². The van der Waals surface area contributed by atoms with Gasteiger partial charge in [0.2, 0.25) is 5.91 Å². The number of carbonyl (C=O) groups is 2. The summed E-state index contributed by atoms with van der Waals surface area (Å²) in [4.78, 5) is 46.7. The summed E-state index contributed by atoms with van der Waals surface area (Å²) in [7, 11) is 1.23. The molecule has 2 N–H and O–H groups in total. The van der Waals surface area contributed by atoms with Crippen molar-refractivity contribution in [2.75, 3.05) is 19.4 Å². The maximum Gasteiger partial charge on any atom is 0.338 e. The van der Waals surface area contributed by atoms with E-state index in [-0.39, 0.29) is 33.4 Å². The zero-order valence-electron chi connectivity index (χ0n) is 13.2. The molecule has 0 aliphatic heterocycles. The van der Waals surface area contributed by atoms with Crippen molar-refractivity contribution >= 4 is 34.7 Å². The van der Waals surface area contributed by atoms with Crippen LogP contribution in [0.5, 0.6) is 0 Å². The van der Waals surface area contributed by atoms with Crippen molar-refractivity contribution in [2.24, 2.45) is 0 Å². The smallest absolute Gasteiger partial charge is 0.338 e. The van der Waals surface area contributed by atoms with Gasteiger partial charge in [-0.3, -0.25) is 9.59 Å². The predicted octanol–water partition coefficient (Wildman–Crippen LogP) is 0.807. The van der Waals surface area contributed by atoms with Gasteiger partial charge >= 0.3 is 5.97 Å². The van der Waals surface area contributed by atoms with E-state index in [2.05, 4.69) is 31.6 Å². The number of nitrogens with zero attached hydrogens (tertiary/aromatic N) is 2. The largest absolute Gasteiger partial charge is 0.465 e. The second-order valence-corrected chi connectivity index (χ2v) is 5.72. The first kappa shape index (κ1) is 17.7. The van der Waals surface area contributed by atoms with E-state index in [0.29, 0.717) is 12.2 Å². The van der Waals surface area contributed by atoms with E-state index >= 15 is 0 Å². The van der Waals surface area contributed by atoms with Crippen LogP contribution in [0.15, 0.2) is 28.7 Å². The van der Waals surface area contributed by atoms with Gasteiger partial charge in [0.1, 0.15) is 0 Å². The second kappa shape index (κ2) is 7.73. The number of fused-ring (bicyclic) bond motifs is 1. The molecule has 0 aliphatic rings. The number of hydrogen-bond donors (Lipinski definition) is 2. The van der Waals surface area contributed by atoms with Crippen LogP contribution < -0.4 is 10.9 Å². The number of nitrogens with one attached hydrogen (secondary N) is 2. The monoisotopic (exact) mass is 348 g/mol. The standard InChI is InChI=1S/C15H16N4O4S/c1-4-5-16-10(20)7-24-15-18-12-11(13(21)19-15)9(14(22)23-3)6-8(2)17-12/h4,6H,1,5,7H2,2-3H3,(H,16,20)(H,17,18,19,21). The highest BCUT2D eigenvalue weighted by Crippen LogP contribution is 2.17. The summed E-state index contributed by atoms with van der Waals surface area (Å²) in [5.41, 5.74) is 0.254. The molecule has 0 radical (unpaired) electrons. The fraction of sp³-hybridized carbons (Fsp3) is 0.267. The summed E-state index contributed by atoms with van der Waals surface area (Å²) in [5, 5.41) is 2.93. The Morgan fingerprint density at radius 1 is 1.46 bits per heavy atom. The summed E-state index contributed by atoms with van der Waals surface area (Å²) in [6.45, 7) is 5.56. The van der Waals surface area contributed by atoms with Crippen LogP contribution in [0.3, 0.4) is 0 Å². The third-order valence-corrected chi connectivity index (χ3v) is 3.85. The maximum atomic E-state index is 12.3. The minimum atomic E-state index is -0.637. The van der Waals surface area contributed by atoms with E-state index in [9.17, 15) is 14.4 Å². The van der Waals surface area contributed by atoms with Gasteiger partial charge in [-0.05, 0) is 13.0 Å². The average molecular weight is 348 g/mol. The van der Waals surface area contributed by atoms with E-state index in [1.54, 1.807) is 13.0 Å². The number of aromatic amines is 1. The Balaban J connectivity index is 2.36. The normalized spacial score (nSPS) is 10.4. The van der Waals surface area contributed by atoms with Gasteiger partial charge in [-0.2, -0.15) is 0 Å². The molecule has 2 aromatic heterocycles. The van der Waals surface area contributed by atoms with Crippen LogP contribution in [-0.4, -0.2) is 46.2 Å². The molecule has 2 rings (SSSR count). The molecular formula is C15H16N4O4S. The molecule has 0 unspecified atom stereocenters. The number of amides is 1. The molecule has 0 atom stereocenters. The van der Waals surface area contributed by atoms with Gasteiger partial charge in [-0.1, -0.05) is 17.8 Å². The zero-order chi connectivity index (χ0) is 17.7. The number of carbonyl (C=O) groups excluding carboxylic acids is 2. The SMILES string of the molecule is C=CCNC(=O)CSc1nc2nc(C)cc(C(=O)OC)c2c(=O)[nH]1. The predicted molar refractivity (Wildman–Crippen MR) is 90.2 cm³/mol. The number of esters is 1. The lowest BCUT2D eigenvalue weighted by atomic mass is 10.1. The summed E-state index contributed by atoms with van der Waals surface area (Å²) < 4.78 is 4.69. The Morgan fingerprint density at radius 3 is 2.88 bits per heavy atom. The number of ether oxygens (including phenoxy) is 1. The summed E-state index contributed by atoms with van der Waals surface area (Å²) in [6.07, 6.45) is 1.57. The number of aromatic nitrogens is 3. The first-order valence-electron chi connectivity index (χ1n) is 6.96. The minimum absolute atomic E-state index is 0.0629. The van der Waals surface area contributed by atoms with Crippen molar-refractivity contribution in [3.63, 3.8) is 0 Å². The molecule has 0 fully saturated rings. The summed E-state index contributed by atoms with van der Waals surface area (Å²) in [6, 6.07) is 1.47. The van der Waals surface area contributed by atoms with Crippen molar-refractivity contribution in [3.05, 3.63) is 40.3 Å². The Kier molecular flexibility index (Phi) is 5.69. The van der Waals surface area contributed by atoms with E-state index in [1.165, 1.54) is 13.2 Å². The van der Waals surface area contributed by atoms with Gasteiger partial charge in [-0.15, -0.1) is 6.58 Å². The molecule has 2 aromatic rings. The van der Waals surface area contributed by atoms with Crippen LogP contribution >= 0.6 is 11.8 Å². The van der Waals surface area contributed by atoms with Gasteiger partial charge in [0.05, 0.1) is 23.8 Å². The van der Waals surface area contributed by atoms with E-state index in [1.807, 2.05) is 0 Å². The molecule has 0 saturated carbocycles. The van der Waals surface area contributed by atoms with Gasteiger partial charge in [0, 0.05) is 12.2 Å². The van der Waals surface area contributed by atoms with Crippen molar-refractivity contribution < 1.29 is 14.3 Å². The second-order valence-electron chi connectivity index (χ2n) is 4.75. The first-order valence-corrected chi connectivity index (χ1v) is 7.95. The summed E-state index contributed by atoms with van der Waals surface area (Å²) >= 11 is 1.06. The third-order valence-electron chi connectivity index (χ3n) is 2.97. The van der Waals surface area contributed by atoms with Crippen LogP contribution in [-0.2, 0) is 9.53 Å². The van der Waals surface area contributed by atoms with Crippen molar-refractivity contribution in [1.29, 1.82) is 0 Å². The highest BCUT2D eigenvalue weighted by Gasteiger charge is 2.17. The Morgan fingerprint density at radius 2 is 2.21 bits per heavy atom. The van der Waals surface area contributed by atoms with Gasteiger partial charge in [0.15, 0.2) is 10.8 Å². The van der Waals surface area contributed by atoms with Gasteiger partial charge < -0.3 is 15.0 Å². The Labute approximate surface area is 141 Å². The number of H-pyrrole nitrogens is 1. The minimum Gasteiger partial charge on any atom is -0.465 e. The fourth-order valence-electron chi connectivity index (χ4n) is 1.96. The molecule has 1 amide bonds. The molecule has 0 aromatic carbocycles. The topological polar surface area (TPSA) is 114 Å². The lowest BCUT2D eigenvalue weighted by Gasteiger charge is -2.07. The van der Waals surface area contributed by atoms with E-state index in [4.69, 9.17) is 0 Å². The van der Waals surface area contributed by atoms with Crippen LogP contribution in [0.1, 0.15) is 16.1 Å². The molecule has 2 heterocycles. The van der Waals surface area contributed by atoms with Crippen LogP contribution in [0.2, 0.25) is 0 Å². The molecular weight excluding hydrogens is 332 g/mol. The molecule has 0 spiro atoms. The van der Waals surface area contributed by atoms with Crippen molar-refractivity contribution in [1.82, 2.24) is 20.3 Å². The number of hydrogen-bond acceptors (Lipinski definition) is 7. The number of thioether (sulfide) groups is 1. The Hall–Kier alpha value is -2.68. The van der Waals surface area contributed by atoms with Crippen LogP contribution in [0.25, 0.3) is 11.0 Å². The first-order chi connectivity index (χ1) is 11.5. The van der Waals surface area contributed by atoms with Crippen LogP contribution in [0, 0.1) is 6.92 Å². The molecule has 126 valence electrons. The number of aryl methyl sites for hydroxylation is 1. The lowest BCUT2D eigenvalue weighted by Crippen LogP contribution is -2.25. The van der Waals surface area contributed by atoms with E-state index in [0.717, 1.165) is 11.8 Å². The number of pyridine rings is 1. The van der Waals surface area contributed by atoms with E-state index < -0.39 is 11.5 Å². The highest BCUT2D eigenvalue weighted by molar-refractivity contribution is 7.99. The van der Waals surface area contributed by atoms with Crippen LogP contribution in [0.4, 0.5) is 0 Å². The molecule has 0 bridgehead atoms. The maximum absolute atomic E-state index is 12.3. The molecule has 24 heavy (non-hydrogen) atoms. The molecule has 0 saturated heterocycles. The quantitative estimate of drug-likeness (QED) is 0.343. The van der Waals surface area contributed by atoms with Gasteiger partial charge in [0.25, 0.3) is 5.56 Å². The van der Waals surface area contributed by atoms with Crippen molar-refractivity contribution in [3.8, 4) is 0 Å². The Bertz CT molecular complexity index is 862. The lowest BCUT2D eigenvalue weighted by molar-refractivity contribution is -0.118. The zero-order valence-corrected chi connectivity index (χ0v) is 14.0. The van der Waals surface area contributed by atoms with Crippen molar-refractivity contribution in [2.45, 2.75) is 12.1 Å². The molecule has 8 nitrogen and oxygen atoms in total. The summed E-state index contributed by atoms with van der Waals surface area (Å²) in [5.74, 6) is -0.769. The number of methoxy groups -OCH3 is 1.